The van der Waals surface area contributed by atoms with Gasteiger partial charge in [0.05, 0.1) is 24.8 Å². The number of ether oxygens (including phenoxy) is 1. The van der Waals surface area contributed by atoms with E-state index in [2.05, 4.69) is 26.5 Å². The normalized spacial score (nSPS) is 11.7. The second kappa shape index (κ2) is 6.23. The van der Waals surface area contributed by atoms with E-state index in [9.17, 15) is 0 Å². The molecule has 0 fully saturated rings. The molecule has 23 heavy (non-hydrogen) atoms. The third kappa shape index (κ3) is 2.87. The smallest absolute Gasteiger partial charge is 0.223 e. The molecule has 1 unspecified atom stereocenters. The van der Waals surface area contributed by atoms with Gasteiger partial charge in [-0.25, -0.2) is 0 Å². The molecular formula is C16H14N6O. The van der Waals surface area contributed by atoms with Crippen LogP contribution in [0.25, 0.3) is 17.2 Å². The van der Waals surface area contributed by atoms with Crippen molar-refractivity contribution in [1.82, 2.24) is 25.2 Å². The monoisotopic (exact) mass is 306 g/mol. The molecule has 2 heterocycles. The zero-order valence-electron chi connectivity index (χ0n) is 12.7. The van der Waals surface area contributed by atoms with Crippen LogP contribution >= 0.6 is 0 Å². The molecule has 114 valence electrons. The number of pyridine rings is 1. The SMILES string of the molecule is COc1cc(-n2nnc(-c3ccccn3)n2)ccc1C(C)C#N. The van der Waals surface area contributed by atoms with Crippen LogP contribution in [-0.4, -0.2) is 32.3 Å². The van der Waals surface area contributed by atoms with Crippen molar-refractivity contribution in [3.63, 3.8) is 0 Å². The largest absolute Gasteiger partial charge is 0.496 e. The van der Waals surface area contributed by atoms with Crippen molar-refractivity contribution in [3.8, 4) is 29.0 Å². The van der Waals surface area contributed by atoms with Crippen LogP contribution < -0.4 is 4.74 Å². The van der Waals surface area contributed by atoms with E-state index < -0.39 is 0 Å². The molecule has 3 rings (SSSR count). The maximum absolute atomic E-state index is 9.07. The number of hydrogen-bond donors (Lipinski definition) is 0. The first-order valence-electron chi connectivity index (χ1n) is 7.02. The van der Waals surface area contributed by atoms with Crippen molar-refractivity contribution < 1.29 is 4.74 Å². The van der Waals surface area contributed by atoms with Crippen molar-refractivity contribution in [1.29, 1.82) is 5.26 Å². The fourth-order valence-electron chi connectivity index (χ4n) is 2.17. The average molecular weight is 306 g/mol. The molecule has 0 aliphatic rings. The Morgan fingerprint density at radius 2 is 2.13 bits per heavy atom. The van der Waals surface area contributed by atoms with Gasteiger partial charge in [0.15, 0.2) is 0 Å². The summed E-state index contributed by atoms with van der Waals surface area (Å²) in [6, 6.07) is 13.2. The molecule has 0 radical (unpaired) electrons. The molecule has 0 aliphatic carbocycles. The van der Waals surface area contributed by atoms with E-state index in [1.807, 2.05) is 37.3 Å². The van der Waals surface area contributed by atoms with Gasteiger partial charge in [0, 0.05) is 17.8 Å². The van der Waals surface area contributed by atoms with Crippen LogP contribution in [0.2, 0.25) is 0 Å². The predicted octanol–water partition coefficient (Wildman–Crippen LogP) is 2.36. The van der Waals surface area contributed by atoms with Gasteiger partial charge < -0.3 is 4.74 Å². The van der Waals surface area contributed by atoms with Gasteiger partial charge in [0.25, 0.3) is 0 Å². The summed E-state index contributed by atoms with van der Waals surface area (Å²) in [5.74, 6) is 0.805. The molecule has 2 aromatic heterocycles. The quantitative estimate of drug-likeness (QED) is 0.735. The lowest BCUT2D eigenvalue weighted by molar-refractivity contribution is 0.408. The zero-order valence-corrected chi connectivity index (χ0v) is 12.7. The summed E-state index contributed by atoms with van der Waals surface area (Å²) in [5, 5.41) is 21.5. The first-order chi connectivity index (χ1) is 11.2. The van der Waals surface area contributed by atoms with Gasteiger partial charge in [-0.05, 0) is 30.3 Å². The Balaban J connectivity index is 1.97. The summed E-state index contributed by atoms with van der Waals surface area (Å²) >= 11 is 0. The summed E-state index contributed by atoms with van der Waals surface area (Å²) in [7, 11) is 1.57. The van der Waals surface area contributed by atoms with Crippen LogP contribution in [0.5, 0.6) is 5.75 Å². The highest BCUT2D eigenvalue weighted by molar-refractivity contribution is 5.49. The third-order valence-corrected chi connectivity index (χ3v) is 3.42. The van der Waals surface area contributed by atoms with Crippen molar-refractivity contribution >= 4 is 0 Å². The van der Waals surface area contributed by atoms with Crippen molar-refractivity contribution in [2.75, 3.05) is 7.11 Å². The Labute approximate surface area is 133 Å². The molecule has 1 atom stereocenters. The Morgan fingerprint density at radius 3 is 2.83 bits per heavy atom. The molecule has 0 bridgehead atoms. The summed E-state index contributed by atoms with van der Waals surface area (Å²) in [6.45, 7) is 1.82. The average Bonchev–Trinajstić information content (AvgIpc) is 3.11. The molecule has 0 aliphatic heterocycles. The summed E-state index contributed by atoms with van der Waals surface area (Å²) < 4.78 is 5.37. The maximum atomic E-state index is 9.07. The van der Waals surface area contributed by atoms with E-state index in [1.165, 1.54) is 4.80 Å². The number of hydrogen-bond acceptors (Lipinski definition) is 6. The first kappa shape index (κ1) is 14.7. The van der Waals surface area contributed by atoms with Gasteiger partial charge in [-0.1, -0.05) is 12.1 Å². The van der Waals surface area contributed by atoms with Crippen molar-refractivity contribution in [3.05, 3.63) is 48.2 Å². The molecule has 1 aromatic carbocycles. The Bertz CT molecular complexity index is 853. The van der Waals surface area contributed by atoms with Crippen LogP contribution in [0, 0.1) is 11.3 Å². The van der Waals surface area contributed by atoms with Gasteiger partial charge in [-0.3, -0.25) is 4.98 Å². The van der Waals surface area contributed by atoms with E-state index in [1.54, 1.807) is 19.4 Å². The third-order valence-electron chi connectivity index (χ3n) is 3.42. The van der Waals surface area contributed by atoms with Crippen LogP contribution in [-0.2, 0) is 0 Å². The number of tetrazole rings is 1. The number of rotatable bonds is 4. The van der Waals surface area contributed by atoms with Gasteiger partial charge in [-0.15, -0.1) is 15.0 Å². The van der Waals surface area contributed by atoms with E-state index in [0.29, 0.717) is 23.0 Å². The fraction of sp³-hybridized carbons (Fsp3) is 0.188. The molecule has 7 heteroatoms. The molecule has 0 N–H and O–H groups in total. The standard InChI is InChI=1S/C16H14N6O/c1-11(10-17)13-7-6-12(9-15(13)23-2)22-20-16(19-21-22)14-5-3-4-8-18-14/h3-9,11H,1-2H3. The number of benzene rings is 1. The highest BCUT2D eigenvalue weighted by atomic mass is 16.5. The summed E-state index contributed by atoms with van der Waals surface area (Å²) in [4.78, 5) is 5.61. The lowest BCUT2D eigenvalue weighted by atomic mass is 10.0. The van der Waals surface area contributed by atoms with E-state index in [0.717, 1.165) is 5.56 Å². The van der Waals surface area contributed by atoms with Crippen molar-refractivity contribution in [2.24, 2.45) is 0 Å². The number of methoxy groups -OCH3 is 1. The molecule has 3 aromatic rings. The number of nitriles is 1. The summed E-state index contributed by atoms with van der Waals surface area (Å²) in [6.07, 6.45) is 1.68. The minimum atomic E-state index is -0.258. The molecular weight excluding hydrogens is 292 g/mol. The van der Waals surface area contributed by atoms with Crippen LogP contribution in [0.4, 0.5) is 0 Å². The molecule has 0 spiro atoms. The first-order valence-corrected chi connectivity index (χ1v) is 7.02. The highest BCUT2D eigenvalue weighted by Gasteiger charge is 2.14. The Hall–Kier alpha value is -3.27. The molecule has 0 saturated heterocycles. The van der Waals surface area contributed by atoms with E-state index >= 15 is 0 Å². The topological polar surface area (TPSA) is 89.5 Å². The predicted molar refractivity (Wildman–Crippen MR) is 83.0 cm³/mol. The number of nitrogens with zero attached hydrogens (tertiary/aromatic N) is 6. The Morgan fingerprint density at radius 1 is 1.26 bits per heavy atom. The van der Waals surface area contributed by atoms with Gasteiger partial charge in [0.1, 0.15) is 11.4 Å². The van der Waals surface area contributed by atoms with E-state index in [-0.39, 0.29) is 5.92 Å². The van der Waals surface area contributed by atoms with Crippen LogP contribution in [0.1, 0.15) is 18.4 Å². The molecule has 0 amide bonds. The molecule has 7 nitrogen and oxygen atoms in total. The van der Waals surface area contributed by atoms with Gasteiger partial charge in [0.2, 0.25) is 5.82 Å². The Kier molecular flexibility index (Phi) is 3.97. The van der Waals surface area contributed by atoms with Crippen LogP contribution in [0.3, 0.4) is 0 Å². The lowest BCUT2D eigenvalue weighted by Crippen LogP contribution is -2.02. The second-order valence-corrected chi connectivity index (χ2v) is 4.89. The van der Waals surface area contributed by atoms with Crippen LogP contribution in [0.15, 0.2) is 42.6 Å². The summed E-state index contributed by atoms with van der Waals surface area (Å²) in [5.41, 5.74) is 2.18. The van der Waals surface area contributed by atoms with Gasteiger partial charge in [-0.2, -0.15) is 5.26 Å². The van der Waals surface area contributed by atoms with E-state index in [4.69, 9.17) is 10.00 Å². The maximum Gasteiger partial charge on any atom is 0.223 e. The minimum Gasteiger partial charge on any atom is -0.496 e. The number of aromatic nitrogens is 5. The molecule has 0 saturated carbocycles. The highest BCUT2D eigenvalue weighted by Crippen LogP contribution is 2.28. The van der Waals surface area contributed by atoms with Gasteiger partial charge >= 0.3 is 0 Å². The fourth-order valence-corrected chi connectivity index (χ4v) is 2.17. The van der Waals surface area contributed by atoms with Crippen molar-refractivity contribution in [2.45, 2.75) is 12.8 Å². The minimum absolute atomic E-state index is 0.258. The second-order valence-electron chi connectivity index (χ2n) is 4.89. The zero-order chi connectivity index (χ0) is 16.2. The lowest BCUT2D eigenvalue weighted by Gasteiger charge is -2.11.